The summed E-state index contributed by atoms with van der Waals surface area (Å²) < 4.78 is 0. The van der Waals surface area contributed by atoms with Crippen LogP contribution < -0.4 is 0 Å². The highest BCUT2D eigenvalue weighted by molar-refractivity contribution is 5.33. The van der Waals surface area contributed by atoms with Crippen molar-refractivity contribution in [2.75, 3.05) is 0 Å². The summed E-state index contributed by atoms with van der Waals surface area (Å²) in [5.41, 5.74) is 1.61. The molecule has 3 atom stereocenters. The van der Waals surface area contributed by atoms with Crippen molar-refractivity contribution < 1.29 is 0 Å². The number of fused-ring (bicyclic) bond motifs is 1. The summed E-state index contributed by atoms with van der Waals surface area (Å²) in [6, 6.07) is 0. The Labute approximate surface area is 57.6 Å². The maximum atomic E-state index is 2.44. The second kappa shape index (κ2) is 1.09. The minimum atomic E-state index is 0.793. The lowest BCUT2D eigenvalue weighted by molar-refractivity contribution is 0.389. The largest absolute Gasteiger partial charge is 0.0622 e. The highest BCUT2D eigenvalue weighted by atomic mass is 14.9. The standard InChI is InChI=1S/C9H16/c1-6(2)9-5-8(9,4)7(9)3/h6-7H,5H2,1-4H3. The zero-order chi connectivity index (χ0) is 6.86. The average Bonchev–Trinajstić information content (AvgIpc) is 2.51. The molecule has 0 aromatic heterocycles. The first kappa shape index (κ1) is 5.76. The van der Waals surface area contributed by atoms with E-state index < -0.39 is 0 Å². The quantitative estimate of drug-likeness (QED) is 0.504. The number of rotatable bonds is 1. The van der Waals surface area contributed by atoms with E-state index >= 15 is 0 Å². The fourth-order valence-electron chi connectivity index (χ4n) is 3.15. The SMILES string of the molecule is CC(C)C12CC1(C)C2C. The van der Waals surface area contributed by atoms with Gasteiger partial charge in [-0.2, -0.15) is 0 Å². The molecule has 2 fully saturated rings. The highest BCUT2D eigenvalue weighted by Crippen LogP contribution is 2.92. The molecule has 9 heavy (non-hydrogen) atoms. The Balaban J connectivity index is 2.18. The first-order chi connectivity index (χ1) is 4.06. The van der Waals surface area contributed by atoms with Crippen LogP contribution in [0.2, 0.25) is 0 Å². The van der Waals surface area contributed by atoms with Crippen molar-refractivity contribution >= 4 is 0 Å². The molecular weight excluding hydrogens is 108 g/mol. The number of hydrogen-bond donors (Lipinski definition) is 0. The maximum Gasteiger partial charge on any atom is -0.0181 e. The van der Waals surface area contributed by atoms with E-state index in [0.717, 1.165) is 22.7 Å². The van der Waals surface area contributed by atoms with Crippen LogP contribution in [0.3, 0.4) is 0 Å². The molecule has 0 heteroatoms. The van der Waals surface area contributed by atoms with Crippen molar-refractivity contribution in [3.63, 3.8) is 0 Å². The first-order valence-electron chi connectivity index (χ1n) is 4.06. The molecule has 3 unspecified atom stereocenters. The summed E-state index contributed by atoms with van der Waals surface area (Å²) in [5.74, 6) is 1.96. The van der Waals surface area contributed by atoms with Crippen LogP contribution in [-0.4, -0.2) is 0 Å². The van der Waals surface area contributed by atoms with E-state index in [-0.39, 0.29) is 0 Å². The molecule has 0 spiro atoms. The maximum absolute atomic E-state index is 2.44. The third-order valence-electron chi connectivity index (χ3n) is 4.27. The van der Waals surface area contributed by atoms with Crippen molar-refractivity contribution in [1.82, 2.24) is 0 Å². The van der Waals surface area contributed by atoms with Crippen LogP contribution in [0.5, 0.6) is 0 Å². The van der Waals surface area contributed by atoms with Gasteiger partial charge in [-0.05, 0) is 29.1 Å². The van der Waals surface area contributed by atoms with Gasteiger partial charge in [-0.1, -0.05) is 27.7 Å². The average molecular weight is 124 g/mol. The monoisotopic (exact) mass is 124 g/mol. The topological polar surface area (TPSA) is 0 Å². The minimum absolute atomic E-state index is 0.793. The van der Waals surface area contributed by atoms with Gasteiger partial charge in [0, 0.05) is 0 Å². The summed E-state index contributed by atoms with van der Waals surface area (Å²) in [7, 11) is 0. The van der Waals surface area contributed by atoms with E-state index in [9.17, 15) is 0 Å². The van der Waals surface area contributed by atoms with Gasteiger partial charge in [0.25, 0.3) is 0 Å². The molecule has 0 N–H and O–H groups in total. The summed E-state index contributed by atoms with van der Waals surface area (Å²) in [5, 5.41) is 0. The fraction of sp³-hybridized carbons (Fsp3) is 1.00. The van der Waals surface area contributed by atoms with E-state index in [4.69, 9.17) is 0 Å². The van der Waals surface area contributed by atoms with Crippen LogP contribution in [0.4, 0.5) is 0 Å². The van der Waals surface area contributed by atoms with Gasteiger partial charge in [0.15, 0.2) is 0 Å². The molecule has 0 amide bonds. The fourth-order valence-corrected chi connectivity index (χ4v) is 3.15. The summed E-state index contributed by atoms with van der Waals surface area (Å²) in [4.78, 5) is 0. The first-order valence-corrected chi connectivity index (χ1v) is 4.06. The van der Waals surface area contributed by atoms with E-state index in [1.165, 1.54) is 6.42 Å². The van der Waals surface area contributed by atoms with Crippen LogP contribution in [0.1, 0.15) is 34.1 Å². The Morgan fingerprint density at radius 2 is 1.89 bits per heavy atom. The van der Waals surface area contributed by atoms with E-state index in [2.05, 4.69) is 27.7 Å². The second-order valence-corrected chi connectivity index (χ2v) is 4.51. The normalized spacial score (nSPS) is 61.7. The van der Waals surface area contributed by atoms with Crippen LogP contribution >= 0.6 is 0 Å². The van der Waals surface area contributed by atoms with Gasteiger partial charge < -0.3 is 0 Å². The van der Waals surface area contributed by atoms with Crippen LogP contribution in [0.25, 0.3) is 0 Å². The molecule has 0 saturated heterocycles. The third kappa shape index (κ3) is 0.342. The van der Waals surface area contributed by atoms with Gasteiger partial charge >= 0.3 is 0 Å². The van der Waals surface area contributed by atoms with Crippen molar-refractivity contribution in [2.24, 2.45) is 22.7 Å². The minimum Gasteiger partial charge on any atom is -0.0622 e. The molecule has 0 aromatic rings. The van der Waals surface area contributed by atoms with Crippen molar-refractivity contribution in [3.05, 3.63) is 0 Å². The van der Waals surface area contributed by atoms with Gasteiger partial charge in [0.2, 0.25) is 0 Å². The summed E-state index contributed by atoms with van der Waals surface area (Å²) >= 11 is 0. The molecule has 2 aliphatic rings. The van der Waals surface area contributed by atoms with E-state index in [1.54, 1.807) is 0 Å². The van der Waals surface area contributed by atoms with Crippen LogP contribution in [-0.2, 0) is 0 Å². The van der Waals surface area contributed by atoms with Crippen LogP contribution in [0.15, 0.2) is 0 Å². The smallest absolute Gasteiger partial charge is 0.0181 e. The van der Waals surface area contributed by atoms with Gasteiger partial charge in [0.05, 0.1) is 0 Å². The van der Waals surface area contributed by atoms with E-state index in [0.29, 0.717) is 0 Å². The van der Waals surface area contributed by atoms with Crippen molar-refractivity contribution in [3.8, 4) is 0 Å². The Kier molecular flexibility index (Phi) is 0.695. The predicted octanol–water partition coefficient (Wildman–Crippen LogP) is 2.69. The molecule has 2 rings (SSSR count). The molecule has 0 aromatic carbocycles. The second-order valence-electron chi connectivity index (χ2n) is 4.51. The third-order valence-corrected chi connectivity index (χ3v) is 4.27. The molecule has 52 valence electrons. The molecule has 0 radical (unpaired) electrons. The van der Waals surface area contributed by atoms with Crippen LogP contribution in [0, 0.1) is 22.7 Å². The highest BCUT2D eigenvalue weighted by Gasteiger charge is 2.86. The molecular formula is C9H16. The predicted molar refractivity (Wildman–Crippen MR) is 39.2 cm³/mol. The Hall–Kier alpha value is 0. The Morgan fingerprint density at radius 1 is 1.44 bits per heavy atom. The lowest BCUT2D eigenvalue weighted by Gasteiger charge is -2.10. The van der Waals surface area contributed by atoms with Crippen molar-refractivity contribution in [2.45, 2.75) is 34.1 Å². The van der Waals surface area contributed by atoms with Gasteiger partial charge in [-0.15, -0.1) is 0 Å². The molecule has 2 aliphatic carbocycles. The Morgan fingerprint density at radius 3 is 1.89 bits per heavy atom. The number of hydrogen-bond acceptors (Lipinski definition) is 0. The molecule has 0 aliphatic heterocycles. The molecule has 2 saturated carbocycles. The molecule has 0 nitrogen and oxygen atoms in total. The molecule has 0 bridgehead atoms. The van der Waals surface area contributed by atoms with Gasteiger partial charge in [0.1, 0.15) is 0 Å². The lowest BCUT2D eigenvalue weighted by Crippen LogP contribution is -2.03. The Bertz CT molecular complexity index is 153. The molecule has 0 heterocycles. The van der Waals surface area contributed by atoms with Gasteiger partial charge in [-0.25, -0.2) is 0 Å². The van der Waals surface area contributed by atoms with E-state index in [1.807, 2.05) is 0 Å². The lowest BCUT2D eigenvalue weighted by atomic mass is 9.95. The summed E-state index contributed by atoms with van der Waals surface area (Å²) in [6.07, 6.45) is 1.51. The van der Waals surface area contributed by atoms with Crippen molar-refractivity contribution in [1.29, 1.82) is 0 Å². The van der Waals surface area contributed by atoms with Gasteiger partial charge in [-0.3, -0.25) is 0 Å². The zero-order valence-corrected chi connectivity index (χ0v) is 6.86. The summed E-state index contributed by atoms with van der Waals surface area (Å²) in [6.45, 7) is 9.59. The zero-order valence-electron chi connectivity index (χ0n) is 6.86.